The Labute approximate surface area is 168 Å². The molecule has 1 saturated heterocycles. The fourth-order valence-electron chi connectivity index (χ4n) is 3.23. The number of para-hydroxylation sites is 1. The lowest BCUT2D eigenvalue weighted by Crippen LogP contribution is -2.49. The summed E-state index contributed by atoms with van der Waals surface area (Å²) in [5.41, 5.74) is 1.76. The van der Waals surface area contributed by atoms with Crippen molar-refractivity contribution in [2.24, 2.45) is 0 Å². The molecule has 4 rings (SSSR count). The van der Waals surface area contributed by atoms with Crippen molar-refractivity contribution in [3.63, 3.8) is 0 Å². The van der Waals surface area contributed by atoms with Gasteiger partial charge in [-0.1, -0.05) is 18.2 Å². The molecule has 148 valence electrons. The van der Waals surface area contributed by atoms with Gasteiger partial charge in [0.1, 0.15) is 17.3 Å². The molecule has 3 aromatic rings. The van der Waals surface area contributed by atoms with Crippen LogP contribution in [0.25, 0.3) is 0 Å². The minimum Gasteiger partial charge on any atom is -0.366 e. The second-order valence-corrected chi connectivity index (χ2v) is 6.69. The summed E-state index contributed by atoms with van der Waals surface area (Å²) in [5.74, 6) is 0.172. The van der Waals surface area contributed by atoms with Gasteiger partial charge in [0, 0.05) is 32.4 Å². The molecule has 29 heavy (non-hydrogen) atoms. The molecule has 1 aliphatic rings. The molecule has 1 amide bonds. The maximum Gasteiger partial charge on any atom is 0.274 e. The molecular weight excluding hydrogens is 371 g/mol. The van der Waals surface area contributed by atoms with Crippen LogP contribution in [0.1, 0.15) is 16.2 Å². The summed E-state index contributed by atoms with van der Waals surface area (Å²) in [6.45, 7) is 2.69. The SMILES string of the molecule is O=C(c1cnc(NCc2ccccn2)cn1)N1CCN(c2ccccc2F)CC1. The largest absolute Gasteiger partial charge is 0.366 e. The van der Waals surface area contributed by atoms with E-state index in [1.807, 2.05) is 29.2 Å². The third-order valence-corrected chi connectivity index (χ3v) is 4.81. The Morgan fingerprint density at radius 1 is 0.966 bits per heavy atom. The number of carbonyl (C=O) groups is 1. The first-order chi connectivity index (χ1) is 14.2. The van der Waals surface area contributed by atoms with Gasteiger partial charge in [0.2, 0.25) is 0 Å². The molecule has 0 atom stereocenters. The molecule has 0 spiro atoms. The van der Waals surface area contributed by atoms with Gasteiger partial charge in [-0.15, -0.1) is 0 Å². The summed E-state index contributed by atoms with van der Waals surface area (Å²) in [6, 6.07) is 12.4. The molecule has 1 N–H and O–H groups in total. The van der Waals surface area contributed by atoms with E-state index in [-0.39, 0.29) is 11.7 Å². The number of nitrogens with zero attached hydrogens (tertiary/aromatic N) is 5. The van der Waals surface area contributed by atoms with E-state index in [0.717, 1.165) is 5.69 Å². The first-order valence-corrected chi connectivity index (χ1v) is 9.45. The van der Waals surface area contributed by atoms with Crippen molar-refractivity contribution >= 4 is 17.4 Å². The zero-order valence-corrected chi connectivity index (χ0v) is 15.8. The number of hydrogen-bond acceptors (Lipinski definition) is 6. The van der Waals surface area contributed by atoms with E-state index >= 15 is 0 Å². The van der Waals surface area contributed by atoms with Crippen molar-refractivity contribution in [2.45, 2.75) is 6.54 Å². The fourth-order valence-corrected chi connectivity index (χ4v) is 3.23. The minimum absolute atomic E-state index is 0.165. The molecule has 1 aromatic carbocycles. The Hall–Kier alpha value is -3.55. The van der Waals surface area contributed by atoms with Crippen LogP contribution in [-0.2, 0) is 6.54 Å². The molecule has 0 bridgehead atoms. The van der Waals surface area contributed by atoms with Crippen LogP contribution in [0.3, 0.4) is 0 Å². The van der Waals surface area contributed by atoms with Crippen LogP contribution in [0.4, 0.5) is 15.9 Å². The number of aromatic nitrogens is 3. The molecular formula is C21H21FN6O. The van der Waals surface area contributed by atoms with Gasteiger partial charge in [0.25, 0.3) is 5.91 Å². The van der Waals surface area contributed by atoms with Gasteiger partial charge >= 0.3 is 0 Å². The highest BCUT2D eigenvalue weighted by molar-refractivity contribution is 5.92. The monoisotopic (exact) mass is 392 g/mol. The second kappa shape index (κ2) is 8.64. The Kier molecular flexibility index (Phi) is 5.60. The average molecular weight is 392 g/mol. The highest BCUT2D eigenvalue weighted by atomic mass is 19.1. The summed E-state index contributed by atoms with van der Waals surface area (Å²) in [7, 11) is 0. The van der Waals surface area contributed by atoms with Gasteiger partial charge in [0.05, 0.1) is 30.3 Å². The van der Waals surface area contributed by atoms with Gasteiger partial charge in [-0.05, 0) is 24.3 Å². The number of nitrogens with one attached hydrogen (secondary N) is 1. The molecule has 1 aliphatic heterocycles. The number of hydrogen-bond donors (Lipinski definition) is 1. The highest BCUT2D eigenvalue weighted by Crippen LogP contribution is 2.20. The van der Waals surface area contributed by atoms with E-state index in [2.05, 4.69) is 20.3 Å². The number of rotatable bonds is 5. The van der Waals surface area contributed by atoms with Gasteiger partial charge in [-0.3, -0.25) is 9.78 Å². The number of pyridine rings is 1. The number of carbonyl (C=O) groups excluding carboxylic acids is 1. The zero-order valence-electron chi connectivity index (χ0n) is 15.8. The van der Waals surface area contributed by atoms with Crippen LogP contribution in [0.5, 0.6) is 0 Å². The van der Waals surface area contributed by atoms with Crippen molar-refractivity contribution in [3.05, 3.63) is 78.3 Å². The zero-order chi connectivity index (χ0) is 20.1. The third-order valence-electron chi connectivity index (χ3n) is 4.81. The first-order valence-electron chi connectivity index (χ1n) is 9.45. The van der Waals surface area contributed by atoms with Gasteiger partial charge in [-0.2, -0.15) is 0 Å². The van der Waals surface area contributed by atoms with E-state index in [9.17, 15) is 9.18 Å². The Morgan fingerprint density at radius 2 is 1.76 bits per heavy atom. The van der Waals surface area contributed by atoms with Crippen LogP contribution in [0, 0.1) is 5.82 Å². The lowest BCUT2D eigenvalue weighted by atomic mass is 10.2. The standard InChI is InChI=1S/C21H21FN6O/c22-17-6-1-2-7-19(17)27-9-11-28(12-10-27)21(29)18-14-26-20(15-24-18)25-13-16-5-3-4-8-23-16/h1-8,14-15H,9-13H2,(H,25,26). The quantitative estimate of drug-likeness (QED) is 0.720. The Morgan fingerprint density at radius 3 is 2.45 bits per heavy atom. The molecule has 0 radical (unpaired) electrons. The van der Waals surface area contributed by atoms with Gasteiger partial charge in [-0.25, -0.2) is 14.4 Å². The first kappa shape index (κ1) is 18.8. The number of benzene rings is 1. The lowest BCUT2D eigenvalue weighted by molar-refractivity contribution is 0.0740. The van der Waals surface area contributed by atoms with Crippen molar-refractivity contribution in [3.8, 4) is 0 Å². The van der Waals surface area contributed by atoms with Gasteiger partial charge < -0.3 is 15.1 Å². The van der Waals surface area contributed by atoms with Crippen LogP contribution >= 0.6 is 0 Å². The van der Waals surface area contributed by atoms with Crippen molar-refractivity contribution < 1.29 is 9.18 Å². The topological polar surface area (TPSA) is 74.2 Å². The van der Waals surface area contributed by atoms with Crippen LogP contribution < -0.4 is 10.2 Å². The molecule has 2 aromatic heterocycles. The summed E-state index contributed by atoms with van der Waals surface area (Å²) < 4.78 is 14.0. The van der Waals surface area contributed by atoms with Crippen LogP contribution in [0.2, 0.25) is 0 Å². The van der Waals surface area contributed by atoms with Crippen molar-refractivity contribution in [1.82, 2.24) is 19.9 Å². The molecule has 7 nitrogen and oxygen atoms in total. The van der Waals surface area contributed by atoms with E-state index < -0.39 is 0 Å². The maximum atomic E-state index is 14.0. The lowest BCUT2D eigenvalue weighted by Gasteiger charge is -2.36. The predicted molar refractivity (Wildman–Crippen MR) is 108 cm³/mol. The minimum atomic E-state index is -0.244. The van der Waals surface area contributed by atoms with Crippen LogP contribution in [0.15, 0.2) is 61.1 Å². The van der Waals surface area contributed by atoms with Crippen molar-refractivity contribution in [1.29, 1.82) is 0 Å². The van der Waals surface area contributed by atoms with E-state index in [0.29, 0.717) is 49.9 Å². The van der Waals surface area contributed by atoms with E-state index in [1.165, 1.54) is 12.3 Å². The Bertz CT molecular complexity index is 958. The van der Waals surface area contributed by atoms with Crippen molar-refractivity contribution in [2.75, 3.05) is 36.4 Å². The normalized spacial score (nSPS) is 14.0. The molecule has 0 unspecified atom stereocenters. The summed E-state index contributed by atoms with van der Waals surface area (Å²) >= 11 is 0. The predicted octanol–water partition coefficient (Wildman–Crippen LogP) is 2.59. The summed E-state index contributed by atoms with van der Waals surface area (Å²) in [5, 5.41) is 3.13. The van der Waals surface area contributed by atoms with Crippen LogP contribution in [-0.4, -0.2) is 51.9 Å². The highest BCUT2D eigenvalue weighted by Gasteiger charge is 2.24. The Balaban J connectivity index is 1.32. The molecule has 0 saturated carbocycles. The molecule has 1 fully saturated rings. The smallest absolute Gasteiger partial charge is 0.274 e. The number of halogens is 1. The summed E-state index contributed by atoms with van der Waals surface area (Å²) in [6.07, 6.45) is 4.76. The maximum absolute atomic E-state index is 14.0. The average Bonchev–Trinajstić information content (AvgIpc) is 2.79. The number of piperazine rings is 1. The van der Waals surface area contributed by atoms with Gasteiger partial charge in [0.15, 0.2) is 0 Å². The van der Waals surface area contributed by atoms with E-state index in [1.54, 1.807) is 29.4 Å². The number of amides is 1. The summed E-state index contributed by atoms with van der Waals surface area (Å²) in [4.78, 5) is 29.1. The number of anilines is 2. The molecule has 3 heterocycles. The second-order valence-electron chi connectivity index (χ2n) is 6.69. The third kappa shape index (κ3) is 4.48. The molecule has 8 heteroatoms. The fraction of sp³-hybridized carbons (Fsp3) is 0.238. The van der Waals surface area contributed by atoms with E-state index in [4.69, 9.17) is 0 Å². The molecule has 0 aliphatic carbocycles.